The first-order valence-electron chi connectivity index (χ1n) is 21.3. The Bertz CT molecular complexity index is 4080. The fourth-order valence-electron chi connectivity index (χ4n) is 9.83. The molecule has 14 aromatic rings. The Hall–Kier alpha value is -8.39. The molecule has 5 heterocycles. The summed E-state index contributed by atoms with van der Waals surface area (Å²) in [5.41, 5.74) is 11.3. The fraction of sp³-hybridized carbons (Fsp3) is 0. The smallest absolute Gasteiger partial charge is 0.164 e. The predicted molar refractivity (Wildman–Crippen MR) is 263 cm³/mol. The maximum absolute atomic E-state index is 6.40. The first-order chi connectivity index (χ1) is 31.7. The summed E-state index contributed by atoms with van der Waals surface area (Å²) >= 11 is 1.85. The molecular weight excluding hydrogens is 805 g/mol. The van der Waals surface area contributed by atoms with E-state index in [1.807, 2.05) is 72.0 Å². The van der Waals surface area contributed by atoms with Gasteiger partial charge in [0.05, 0.1) is 15.7 Å². The molecule has 5 aromatic heterocycles. The van der Waals surface area contributed by atoms with Gasteiger partial charge in [-0.2, -0.15) is 0 Å². The van der Waals surface area contributed by atoms with Crippen molar-refractivity contribution >= 4 is 97.2 Å². The molecule has 14 rings (SSSR count). The first-order valence-corrected chi connectivity index (χ1v) is 22.2. The standard InChI is InChI=1S/C57H32N4O2S/c1-2-14-33(15-3-1)34-30-35(32-36(31-34)61-45-22-8-4-16-37(45)39-28-29-40-38-17-7-11-27-50(38)64-54(40)53(39)61)55-58-56(43-20-12-25-48-51(43)41-18-5-9-23-46(41)62-48)60-57(59-55)44-21-13-26-49-52(44)42-19-6-10-24-47(42)63-49/h1-32H. The SMILES string of the molecule is c1ccc(-c2cc(-c3nc(-c4cccc5oc6ccccc6c45)nc(-c4cccc5oc6ccccc6c45)n3)cc(-n3c4ccccc4c4ccc5c6ccccc6sc5c43)c2)cc1. The monoisotopic (exact) mass is 836 g/mol. The number of hydrogen-bond acceptors (Lipinski definition) is 6. The molecule has 6 nitrogen and oxygen atoms in total. The third-order valence-corrected chi connectivity index (χ3v) is 13.8. The van der Waals surface area contributed by atoms with Gasteiger partial charge in [0.1, 0.15) is 22.3 Å². The Morgan fingerprint density at radius 2 is 0.922 bits per heavy atom. The second-order valence-electron chi connectivity index (χ2n) is 16.3. The summed E-state index contributed by atoms with van der Waals surface area (Å²) in [6.45, 7) is 0. The molecule has 0 spiro atoms. The van der Waals surface area contributed by atoms with Crippen LogP contribution in [0.5, 0.6) is 0 Å². The number of rotatable bonds is 5. The lowest BCUT2D eigenvalue weighted by Crippen LogP contribution is -2.02. The lowest BCUT2D eigenvalue weighted by atomic mass is 10.0. The van der Waals surface area contributed by atoms with Crippen molar-refractivity contribution in [1.82, 2.24) is 19.5 Å². The van der Waals surface area contributed by atoms with E-state index in [0.29, 0.717) is 17.5 Å². The summed E-state index contributed by atoms with van der Waals surface area (Å²) in [4.78, 5) is 16.2. The molecule has 0 saturated heterocycles. The topological polar surface area (TPSA) is 69.9 Å². The van der Waals surface area contributed by atoms with Crippen LogP contribution in [-0.4, -0.2) is 19.5 Å². The van der Waals surface area contributed by atoms with Crippen molar-refractivity contribution in [2.75, 3.05) is 0 Å². The van der Waals surface area contributed by atoms with E-state index in [4.69, 9.17) is 23.8 Å². The Morgan fingerprint density at radius 3 is 1.62 bits per heavy atom. The van der Waals surface area contributed by atoms with Crippen molar-refractivity contribution in [3.63, 3.8) is 0 Å². The van der Waals surface area contributed by atoms with Crippen LogP contribution < -0.4 is 0 Å². The minimum atomic E-state index is 0.553. The minimum Gasteiger partial charge on any atom is -0.456 e. The quantitative estimate of drug-likeness (QED) is 0.173. The van der Waals surface area contributed by atoms with E-state index in [-0.39, 0.29) is 0 Å². The largest absolute Gasteiger partial charge is 0.456 e. The third-order valence-electron chi connectivity index (χ3n) is 12.6. The summed E-state index contributed by atoms with van der Waals surface area (Å²) in [6, 6.07) is 67.9. The summed E-state index contributed by atoms with van der Waals surface area (Å²) < 4.78 is 17.8. The van der Waals surface area contributed by atoms with Crippen LogP contribution in [0.3, 0.4) is 0 Å². The molecule has 0 aliphatic carbocycles. The van der Waals surface area contributed by atoms with Gasteiger partial charge in [0, 0.05) is 70.2 Å². The van der Waals surface area contributed by atoms with Crippen molar-refractivity contribution in [3.8, 4) is 51.0 Å². The highest BCUT2D eigenvalue weighted by molar-refractivity contribution is 7.26. The number of nitrogens with zero attached hydrogens (tertiary/aromatic N) is 4. The van der Waals surface area contributed by atoms with Crippen molar-refractivity contribution in [2.45, 2.75) is 0 Å². The fourth-order valence-corrected chi connectivity index (χ4v) is 11.1. The van der Waals surface area contributed by atoms with E-state index in [1.54, 1.807) is 0 Å². The van der Waals surface area contributed by atoms with Crippen LogP contribution in [0.2, 0.25) is 0 Å². The molecule has 64 heavy (non-hydrogen) atoms. The zero-order chi connectivity index (χ0) is 41.9. The minimum absolute atomic E-state index is 0.553. The van der Waals surface area contributed by atoms with E-state index in [1.165, 1.54) is 36.5 Å². The molecule has 0 unspecified atom stereocenters. The number of hydrogen-bond donors (Lipinski definition) is 0. The van der Waals surface area contributed by atoms with Gasteiger partial charge in [0.25, 0.3) is 0 Å². The maximum atomic E-state index is 6.40. The summed E-state index contributed by atoms with van der Waals surface area (Å²) in [5.74, 6) is 1.66. The van der Waals surface area contributed by atoms with Gasteiger partial charge in [-0.25, -0.2) is 15.0 Å². The van der Waals surface area contributed by atoms with E-state index in [0.717, 1.165) is 82.9 Å². The number of aromatic nitrogens is 4. The van der Waals surface area contributed by atoms with Crippen LogP contribution in [0.15, 0.2) is 203 Å². The zero-order valence-corrected chi connectivity index (χ0v) is 34.8. The zero-order valence-electron chi connectivity index (χ0n) is 34.0. The van der Waals surface area contributed by atoms with Crippen molar-refractivity contribution in [1.29, 1.82) is 0 Å². The number of furan rings is 2. The van der Waals surface area contributed by atoms with Crippen molar-refractivity contribution in [2.24, 2.45) is 0 Å². The van der Waals surface area contributed by atoms with E-state index >= 15 is 0 Å². The second kappa shape index (κ2) is 13.6. The Labute approximate surface area is 368 Å². The number of para-hydroxylation sites is 3. The molecule has 0 saturated carbocycles. The van der Waals surface area contributed by atoms with Crippen LogP contribution in [0.4, 0.5) is 0 Å². The Kier molecular flexibility index (Phi) is 7.46. The summed E-state index contributed by atoms with van der Waals surface area (Å²) in [5, 5.41) is 8.88. The average Bonchev–Trinajstić information content (AvgIpc) is 4.13. The number of thiophene rings is 1. The number of benzene rings is 9. The van der Waals surface area contributed by atoms with Crippen LogP contribution >= 0.6 is 11.3 Å². The highest BCUT2D eigenvalue weighted by atomic mass is 32.1. The number of fused-ring (bicyclic) bond motifs is 13. The van der Waals surface area contributed by atoms with Gasteiger partial charge in [0.15, 0.2) is 17.5 Å². The molecule has 0 N–H and O–H groups in total. The third kappa shape index (κ3) is 5.22. The van der Waals surface area contributed by atoms with Crippen LogP contribution in [0, 0.1) is 0 Å². The van der Waals surface area contributed by atoms with E-state index in [2.05, 4.69) is 138 Å². The normalized spacial score (nSPS) is 12.1. The molecule has 298 valence electrons. The molecule has 0 amide bonds. The molecule has 7 heteroatoms. The van der Waals surface area contributed by atoms with E-state index < -0.39 is 0 Å². The molecule has 0 aliphatic rings. The van der Waals surface area contributed by atoms with Gasteiger partial charge in [-0.3, -0.25) is 0 Å². The van der Waals surface area contributed by atoms with E-state index in [9.17, 15) is 0 Å². The first kappa shape index (κ1) is 35.2. The summed E-state index contributed by atoms with van der Waals surface area (Å²) in [7, 11) is 0. The van der Waals surface area contributed by atoms with Gasteiger partial charge in [-0.15, -0.1) is 11.3 Å². The highest BCUT2D eigenvalue weighted by Gasteiger charge is 2.23. The molecular formula is C57H32N4O2S. The second-order valence-corrected chi connectivity index (χ2v) is 17.3. The molecule has 0 atom stereocenters. The van der Waals surface area contributed by atoms with Gasteiger partial charge in [0.2, 0.25) is 0 Å². The lowest BCUT2D eigenvalue weighted by Gasteiger charge is -2.15. The highest BCUT2D eigenvalue weighted by Crippen LogP contribution is 2.45. The Morgan fingerprint density at radius 1 is 0.375 bits per heavy atom. The maximum Gasteiger partial charge on any atom is 0.164 e. The van der Waals surface area contributed by atoms with Gasteiger partial charge in [-0.1, -0.05) is 140 Å². The Balaban J connectivity index is 1.09. The average molecular weight is 837 g/mol. The van der Waals surface area contributed by atoms with Gasteiger partial charge in [-0.05, 0) is 65.7 Å². The molecule has 0 fully saturated rings. The molecule has 0 aliphatic heterocycles. The van der Waals surface area contributed by atoms with Gasteiger partial charge >= 0.3 is 0 Å². The predicted octanol–water partition coefficient (Wildman–Crippen LogP) is 15.8. The van der Waals surface area contributed by atoms with Crippen LogP contribution in [0.25, 0.3) is 137 Å². The lowest BCUT2D eigenvalue weighted by molar-refractivity contribution is 0.668. The molecule has 9 aromatic carbocycles. The van der Waals surface area contributed by atoms with Crippen LogP contribution in [-0.2, 0) is 0 Å². The van der Waals surface area contributed by atoms with Crippen molar-refractivity contribution in [3.05, 3.63) is 194 Å². The summed E-state index contributed by atoms with van der Waals surface area (Å²) in [6.07, 6.45) is 0. The van der Waals surface area contributed by atoms with Crippen LogP contribution in [0.1, 0.15) is 0 Å². The van der Waals surface area contributed by atoms with Crippen molar-refractivity contribution < 1.29 is 8.83 Å². The van der Waals surface area contributed by atoms with Gasteiger partial charge < -0.3 is 13.4 Å². The molecule has 0 bridgehead atoms. The molecule has 0 radical (unpaired) electrons.